The monoisotopic (exact) mass is 424 g/mol. The Morgan fingerprint density at radius 3 is 2.53 bits per heavy atom. The zero-order valence-electron chi connectivity index (χ0n) is 18.0. The van der Waals surface area contributed by atoms with E-state index in [0.29, 0.717) is 18.0 Å². The zero-order valence-corrected chi connectivity index (χ0v) is 18.0. The average Bonchev–Trinajstić information content (AvgIpc) is 3.31. The van der Waals surface area contributed by atoms with Crippen LogP contribution in [0.3, 0.4) is 0 Å². The zero-order chi connectivity index (χ0) is 22.3. The number of aromatic nitrogens is 2. The van der Waals surface area contributed by atoms with Crippen LogP contribution in [0.15, 0.2) is 84.0 Å². The number of aromatic amines is 1. The molecule has 160 valence electrons. The molecular weight excluding hydrogens is 400 g/mol. The summed E-state index contributed by atoms with van der Waals surface area (Å²) in [7, 11) is 0. The molecule has 0 saturated carbocycles. The first kappa shape index (κ1) is 21.1. The van der Waals surface area contributed by atoms with Crippen LogP contribution in [0.5, 0.6) is 5.75 Å². The largest absolute Gasteiger partial charge is 0.489 e. The van der Waals surface area contributed by atoms with E-state index in [1.165, 1.54) is 11.1 Å². The van der Waals surface area contributed by atoms with E-state index < -0.39 is 0 Å². The summed E-state index contributed by atoms with van der Waals surface area (Å²) < 4.78 is 5.77. The summed E-state index contributed by atoms with van der Waals surface area (Å²) in [5.41, 5.74) is 8.90. The second kappa shape index (κ2) is 9.75. The topological polar surface area (TPSA) is 79.4 Å². The number of rotatable bonds is 7. The summed E-state index contributed by atoms with van der Waals surface area (Å²) in [4.78, 5) is 12.4. The fraction of sp³-hybridized carbons (Fsp3) is 0.115. The minimum Gasteiger partial charge on any atom is -0.489 e. The Kier molecular flexibility index (Phi) is 6.41. The van der Waals surface area contributed by atoms with Crippen LogP contribution in [0.4, 0.5) is 0 Å². The molecule has 32 heavy (non-hydrogen) atoms. The molecule has 2 N–H and O–H groups in total. The molecule has 0 spiro atoms. The molecule has 0 aliphatic rings. The van der Waals surface area contributed by atoms with Gasteiger partial charge in [0, 0.05) is 5.56 Å². The average molecular weight is 425 g/mol. The Morgan fingerprint density at radius 2 is 1.78 bits per heavy atom. The summed E-state index contributed by atoms with van der Waals surface area (Å²) in [6.45, 7) is 4.63. The number of hydrazone groups is 1. The van der Waals surface area contributed by atoms with Crippen LogP contribution in [0.2, 0.25) is 0 Å². The van der Waals surface area contributed by atoms with Gasteiger partial charge in [0.05, 0.1) is 11.9 Å². The second-order valence-corrected chi connectivity index (χ2v) is 7.51. The predicted molar refractivity (Wildman–Crippen MR) is 126 cm³/mol. The van der Waals surface area contributed by atoms with E-state index in [0.717, 1.165) is 22.4 Å². The van der Waals surface area contributed by atoms with Crippen molar-refractivity contribution in [3.05, 3.63) is 107 Å². The molecule has 1 aromatic heterocycles. The lowest BCUT2D eigenvalue weighted by molar-refractivity contribution is 0.0950. The minimum atomic E-state index is -0.355. The van der Waals surface area contributed by atoms with E-state index in [1.54, 1.807) is 12.3 Å². The Balaban J connectivity index is 1.31. The normalized spacial score (nSPS) is 10.9. The summed E-state index contributed by atoms with van der Waals surface area (Å²) >= 11 is 0. The first-order chi connectivity index (χ1) is 15.6. The molecule has 1 amide bonds. The van der Waals surface area contributed by atoms with Gasteiger partial charge < -0.3 is 4.74 Å². The van der Waals surface area contributed by atoms with E-state index in [1.807, 2.05) is 66.7 Å². The number of hydrogen-bond donors (Lipinski definition) is 2. The van der Waals surface area contributed by atoms with E-state index in [9.17, 15) is 4.79 Å². The maximum absolute atomic E-state index is 12.4. The first-order valence-corrected chi connectivity index (χ1v) is 10.3. The van der Waals surface area contributed by atoms with Gasteiger partial charge in [-0.15, -0.1) is 0 Å². The van der Waals surface area contributed by atoms with Crippen molar-refractivity contribution < 1.29 is 9.53 Å². The number of amides is 1. The maximum atomic E-state index is 12.4. The van der Waals surface area contributed by atoms with Crippen LogP contribution < -0.4 is 10.2 Å². The Hall–Kier alpha value is -4.19. The minimum absolute atomic E-state index is 0.347. The lowest BCUT2D eigenvalue weighted by Crippen LogP contribution is -2.17. The maximum Gasteiger partial charge on any atom is 0.289 e. The SMILES string of the molecule is Cc1ccc(-c2cc(C(=O)NN=Cc3ccc(OCc4ccccc4)cc3)[nH]n2)cc1C. The fourth-order valence-corrected chi connectivity index (χ4v) is 3.10. The molecule has 0 unspecified atom stereocenters. The van der Waals surface area contributed by atoms with Crippen molar-refractivity contribution in [2.75, 3.05) is 0 Å². The third kappa shape index (κ3) is 5.29. The van der Waals surface area contributed by atoms with Gasteiger partial charge in [0.2, 0.25) is 0 Å². The molecule has 4 aromatic rings. The van der Waals surface area contributed by atoms with E-state index in [-0.39, 0.29) is 5.91 Å². The highest BCUT2D eigenvalue weighted by Gasteiger charge is 2.11. The molecule has 0 fully saturated rings. The van der Waals surface area contributed by atoms with Crippen LogP contribution in [0, 0.1) is 13.8 Å². The number of carbonyl (C=O) groups is 1. The molecule has 0 radical (unpaired) electrons. The van der Waals surface area contributed by atoms with Crippen LogP contribution >= 0.6 is 0 Å². The number of aryl methyl sites for hydroxylation is 2. The van der Waals surface area contributed by atoms with Crippen LogP contribution in [-0.2, 0) is 6.61 Å². The van der Waals surface area contributed by atoms with Crippen LogP contribution in [0.1, 0.15) is 32.7 Å². The number of ether oxygens (including phenoxy) is 1. The number of nitrogens with zero attached hydrogens (tertiary/aromatic N) is 2. The van der Waals surface area contributed by atoms with Gasteiger partial charge in [-0.1, -0.05) is 42.5 Å². The molecular formula is C26H24N4O2. The predicted octanol–water partition coefficient (Wildman–Crippen LogP) is 5.04. The van der Waals surface area contributed by atoms with Crippen LogP contribution in [-0.4, -0.2) is 22.3 Å². The molecule has 0 aliphatic heterocycles. The third-order valence-electron chi connectivity index (χ3n) is 5.13. The van der Waals surface area contributed by atoms with Crippen LogP contribution in [0.25, 0.3) is 11.3 Å². The molecule has 4 rings (SSSR count). The summed E-state index contributed by atoms with van der Waals surface area (Å²) in [6, 6.07) is 25.3. The van der Waals surface area contributed by atoms with E-state index >= 15 is 0 Å². The molecule has 1 heterocycles. The molecule has 3 aromatic carbocycles. The van der Waals surface area contributed by atoms with Crippen molar-refractivity contribution in [2.45, 2.75) is 20.5 Å². The Bertz CT molecular complexity index is 1230. The van der Waals surface area contributed by atoms with Crippen molar-refractivity contribution in [2.24, 2.45) is 5.10 Å². The Labute approximate surface area is 187 Å². The van der Waals surface area contributed by atoms with Gasteiger partial charge in [0.1, 0.15) is 18.1 Å². The van der Waals surface area contributed by atoms with Crippen molar-refractivity contribution in [1.29, 1.82) is 0 Å². The highest BCUT2D eigenvalue weighted by atomic mass is 16.5. The van der Waals surface area contributed by atoms with Crippen molar-refractivity contribution >= 4 is 12.1 Å². The van der Waals surface area contributed by atoms with Crippen molar-refractivity contribution in [1.82, 2.24) is 15.6 Å². The van der Waals surface area contributed by atoms with Gasteiger partial charge in [-0.05, 0) is 72.5 Å². The van der Waals surface area contributed by atoms with Gasteiger partial charge in [-0.3, -0.25) is 9.89 Å². The van der Waals surface area contributed by atoms with E-state index in [2.05, 4.69) is 40.6 Å². The van der Waals surface area contributed by atoms with Crippen molar-refractivity contribution in [3.63, 3.8) is 0 Å². The quantitative estimate of drug-likeness (QED) is 0.322. The lowest BCUT2D eigenvalue weighted by Gasteiger charge is -2.06. The van der Waals surface area contributed by atoms with Gasteiger partial charge in [-0.2, -0.15) is 10.2 Å². The molecule has 0 bridgehead atoms. The van der Waals surface area contributed by atoms with E-state index in [4.69, 9.17) is 4.74 Å². The highest BCUT2D eigenvalue weighted by molar-refractivity contribution is 5.94. The van der Waals surface area contributed by atoms with Gasteiger partial charge >= 0.3 is 0 Å². The third-order valence-corrected chi connectivity index (χ3v) is 5.13. The lowest BCUT2D eigenvalue weighted by atomic mass is 10.0. The summed E-state index contributed by atoms with van der Waals surface area (Å²) in [5.74, 6) is 0.415. The van der Waals surface area contributed by atoms with Crippen molar-refractivity contribution in [3.8, 4) is 17.0 Å². The molecule has 6 heteroatoms. The molecule has 0 aliphatic carbocycles. The van der Waals surface area contributed by atoms with Gasteiger partial charge in [-0.25, -0.2) is 5.43 Å². The Morgan fingerprint density at radius 1 is 1.00 bits per heavy atom. The number of nitrogens with one attached hydrogen (secondary N) is 2. The fourth-order valence-electron chi connectivity index (χ4n) is 3.10. The summed E-state index contributed by atoms with van der Waals surface area (Å²) in [6.07, 6.45) is 1.58. The number of H-pyrrole nitrogens is 1. The second-order valence-electron chi connectivity index (χ2n) is 7.51. The number of hydrogen-bond acceptors (Lipinski definition) is 4. The molecule has 6 nitrogen and oxygen atoms in total. The standard InChI is InChI=1S/C26H24N4O2/c1-18-8-11-22(14-19(18)2)24-15-25(29-28-24)26(31)30-27-16-20-9-12-23(13-10-20)32-17-21-6-4-3-5-7-21/h3-16H,17H2,1-2H3,(H,28,29)(H,30,31). The van der Waals surface area contributed by atoms with Gasteiger partial charge in [0.25, 0.3) is 5.91 Å². The highest BCUT2D eigenvalue weighted by Crippen LogP contribution is 2.21. The molecule has 0 saturated heterocycles. The number of benzene rings is 3. The number of carbonyl (C=O) groups excluding carboxylic acids is 1. The molecule has 0 atom stereocenters. The van der Waals surface area contributed by atoms with Gasteiger partial charge in [0.15, 0.2) is 0 Å². The smallest absolute Gasteiger partial charge is 0.289 e. The summed E-state index contributed by atoms with van der Waals surface area (Å²) in [5, 5.41) is 11.0. The first-order valence-electron chi connectivity index (χ1n) is 10.3.